The second-order valence-corrected chi connectivity index (χ2v) is 8.36. The van der Waals surface area contributed by atoms with Crippen molar-refractivity contribution >= 4 is 18.0 Å². The Hall–Kier alpha value is -3.43. The van der Waals surface area contributed by atoms with Crippen LogP contribution >= 0.6 is 0 Å². The lowest BCUT2D eigenvalue weighted by Gasteiger charge is -2.35. The summed E-state index contributed by atoms with van der Waals surface area (Å²) < 4.78 is 10.0. The summed E-state index contributed by atoms with van der Waals surface area (Å²) in [4.78, 5) is 49.7. The van der Waals surface area contributed by atoms with Gasteiger partial charge in [-0.15, -0.1) is 6.58 Å². The molecule has 1 rings (SSSR count). The van der Waals surface area contributed by atoms with Gasteiger partial charge in [0, 0.05) is 25.5 Å². The fourth-order valence-corrected chi connectivity index (χ4v) is 3.21. The minimum atomic E-state index is -1.02. The lowest BCUT2D eigenvalue weighted by molar-refractivity contribution is -0.424. The maximum absolute atomic E-state index is 13.4. The van der Waals surface area contributed by atoms with E-state index in [9.17, 15) is 24.5 Å². The molecule has 0 aliphatic carbocycles. The lowest BCUT2D eigenvalue weighted by Crippen LogP contribution is -2.57. The first-order valence-electron chi connectivity index (χ1n) is 10.0. The van der Waals surface area contributed by atoms with Crippen LogP contribution in [0.5, 0.6) is 0 Å². The van der Waals surface area contributed by atoms with E-state index in [1.807, 2.05) is 0 Å². The van der Waals surface area contributed by atoms with E-state index in [4.69, 9.17) is 9.47 Å². The Labute approximate surface area is 187 Å². The maximum atomic E-state index is 13.4. The number of hydrogen-bond acceptors (Lipinski definition) is 7. The number of carbonyl (C=O) groups is 3. The first kappa shape index (κ1) is 26.6. The molecule has 1 aliphatic rings. The summed E-state index contributed by atoms with van der Waals surface area (Å²) in [5, 5.41) is 13.2. The molecule has 1 N–H and O–H groups in total. The maximum Gasteiger partial charge on any atom is 0.413 e. The molecule has 1 fully saturated rings. The third kappa shape index (κ3) is 6.79. The number of hydrogen-bond donors (Lipinski definition) is 1. The zero-order valence-electron chi connectivity index (χ0n) is 19.1. The van der Waals surface area contributed by atoms with E-state index in [-0.39, 0.29) is 17.4 Å². The van der Waals surface area contributed by atoms with E-state index in [1.165, 1.54) is 31.1 Å². The van der Waals surface area contributed by atoms with Gasteiger partial charge in [0.05, 0.1) is 12.0 Å². The van der Waals surface area contributed by atoms with Gasteiger partial charge in [-0.05, 0) is 24.0 Å². The summed E-state index contributed by atoms with van der Waals surface area (Å²) in [5.41, 5.74) is -0.876. The van der Waals surface area contributed by atoms with Crippen LogP contribution in [0.4, 0.5) is 4.79 Å². The summed E-state index contributed by atoms with van der Waals surface area (Å²) in [5.74, 6) is -1.31. The smallest absolute Gasteiger partial charge is 0.413 e. The molecule has 1 aliphatic heterocycles. The van der Waals surface area contributed by atoms with Crippen LogP contribution in [-0.2, 0) is 19.1 Å². The summed E-state index contributed by atoms with van der Waals surface area (Å²) in [6.07, 6.45) is 4.81. The molecule has 0 aromatic rings. The Morgan fingerprint density at radius 2 is 1.88 bits per heavy atom. The van der Waals surface area contributed by atoms with Crippen LogP contribution in [0.15, 0.2) is 48.9 Å². The Bertz CT molecular complexity index is 839. The van der Waals surface area contributed by atoms with Crippen molar-refractivity contribution in [3.8, 4) is 0 Å². The molecule has 0 spiro atoms. The monoisotopic (exact) mass is 449 g/mol. The van der Waals surface area contributed by atoms with E-state index < -0.39 is 40.4 Å². The van der Waals surface area contributed by atoms with E-state index in [2.05, 4.69) is 18.5 Å². The zero-order chi connectivity index (χ0) is 24.6. The molecule has 0 aromatic heterocycles. The number of allylic oxidation sites excluding steroid dienone is 4. The lowest BCUT2D eigenvalue weighted by atomic mass is 9.85. The topological polar surface area (TPSA) is 128 Å². The molecule has 10 heteroatoms. The third-order valence-electron chi connectivity index (χ3n) is 5.04. The van der Waals surface area contributed by atoms with E-state index in [1.54, 1.807) is 26.8 Å². The highest BCUT2D eigenvalue weighted by Crippen LogP contribution is 2.30. The van der Waals surface area contributed by atoms with Gasteiger partial charge in [-0.25, -0.2) is 9.59 Å². The molecule has 0 bridgehead atoms. The Balaban J connectivity index is 3.09. The summed E-state index contributed by atoms with van der Waals surface area (Å²) >= 11 is 0. The average Bonchev–Trinajstić information content (AvgIpc) is 3.16. The predicted octanol–water partition coefficient (Wildman–Crippen LogP) is 2.95. The van der Waals surface area contributed by atoms with Gasteiger partial charge in [-0.2, -0.15) is 0 Å². The Morgan fingerprint density at radius 1 is 1.25 bits per heavy atom. The van der Waals surface area contributed by atoms with Gasteiger partial charge in [0.25, 0.3) is 0 Å². The van der Waals surface area contributed by atoms with Crippen LogP contribution in [-0.4, -0.2) is 53.5 Å². The predicted molar refractivity (Wildman–Crippen MR) is 118 cm³/mol. The fourth-order valence-electron chi connectivity index (χ4n) is 3.21. The van der Waals surface area contributed by atoms with Gasteiger partial charge in [0.1, 0.15) is 17.8 Å². The molecule has 10 nitrogen and oxygen atoms in total. The van der Waals surface area contributed by atoms with Crippen molar-refractivity contribution in [2.75, 3.05) is 13.7 Å². The van der Waals surface area contributed by atoms with Gasteiger partial charge in [-0.3, -0.25) is 14.9 Å². The number of likely N-dealkylation sites (tertiary alicyclic amines) is 1. The van der Waals surface area contributed by atoms with Crippen molar-refractivity contribution in [2.24, 2.45) is 11.3 Å². The standard InChI is InChI=1S/C22H31N3O7/c1-8-15-12-13-24(17(15)20(27)31-7)19(26)18(22(4,5)6)23-21(28)32-16(9-2)11-10-14(3)25(29)30/h8-11,15,17-18H,1-2,12-13H2,3-7H3,(H,23,28)/b14-10+,16-11+/t15-,17-,18+/m0/s1. The number of alkyl carbamates (subject to hydrolysis) is 1. The highest BCUT2D eigenvalue weighted by molar-refractivity contribution is 5.91. The normalized spacial score (nSPS) is 20.2. The van der Waals surface area contributed by atoms with Crippen molar-refractivity contribution in [2.45, 2.75) is 46.2 Å². The van der Waals surface area contributed by atoms with Crippen LogP contribution < -0.4 is 5.32 Å². The molecule has 176 valence electrons. The number of methoxy groups -OCH3 is 1. The van der Waals surface area contributed by atoms with Gasteiger partial charge in [0.2, 0.25) is 11.6 Å². The van der Waals surface area contributed by atoms with Gasteiger partial charge < -0.3 is 19.7 Å². The third-order valence-corrected chi connectivity index (χ3v) is 5.04. The number of nitrogens with one attached hydrogen (secondary N) is 1. The molecule has 2 amide bonds. The molecule has 1 saturated heterocycles. The number of nitro groups is 1. The second kappa shape index (κ2) is 11.3. The quantitative estimate of drug-likeness (QED) is 0.151. The largest absolute Gasteiger partial charge is 0.467 e. The zero-order valence-corrected chi connectivity index (χ0v) is 19.1. The number of ether oxygens (including phenoxy) is 2. The van der Waals surface area contributed by atoms with Crippen molar-refractivity contribution < 1.29 is 28.8 Å². The van der Waals surface area contributed by atoms with Crippen LogP contribution in [0.3, 0.4) is 0 Å². The van der Waals surface area contributed by atoms with Crippen LogP contribution in [0, 0.1) is 21.4 Å². The summed E-state index contributed by atoms with van der Waals surface area (Å²) in [6.45, 7) is 14.1. The van der Waals surface area contributed by atoms with E-state index >= 15 is 0 Å². The molecular weight excluding hydrogens is 418 g/mol. The minimum Gasteiger partial charge on any atom is -0.467 e. The summed E-state index contributed by atoms with van der Waals surface area (Å²) in [7, 11) is 1.25. The number of amides is 2. The van der Waals surface area contributed by atoms with Gasteiger partial charge in [0.15, 0.2) is 0 Å². The van der Waals surface area contributed by atoms with Crippen molar-refractivity contribution in [1.82, 2.24) is 10.2 Å². The van der Waals surface area contributed by atoms with Crippen molar-refractivity contribution in [1.29, 1.82) is 0 Å². The fraction of sp³-hybridized carbons (Fsp3) is 0.500. The van der Waals surface area contributed by atoms with E-state index in [0.29, 0.717) is 13.0 Å². The van der Waals surface area contributed by atoms with Crippen LogP contribution in [0.2, 0.25) is 0 Å². The molecule has 0 aromatic carbocycles. The van der Waals surface area contributed by atoms with Gasteiger partial charge >= 0.3 is 12.1 Å². The molecule has 0 saturated carbocycles. The highest BCUT2D eigenvalue weighted by Gasteiger charge is 2.46. The minimum absolute atomic E-state index is 0.0378. The number of rotatable bonds is 8. The highest BCUT2D eigenvalue weighted by atomic mass is 16.6. The average molecular weight is 450 g/mol. The SMILES string of the molecule is C=C/C(=C\C=C(/C)[N+](=O)[O-])OC(=O)N[C@H](C(=O)N1CC[C@H](C=C)[C@H]1C(=O)OC)C(C)(C)C. The van der Waals surface area contributed by atoms with Crippen molar-refractivity contribution in [3.05, 3.63) is 59.0 Å². The molecular formula is C22H31N3O7. The Morgan fingerprint density at radius 3 is 2.34 bits per heavy atom. The summed E-state index contributed by atoms with van der Waals surface area (Å²) in [6, 6.07) is -1.85. The van der Waals surface area contributed by atoms with E-state index in [0.717, 1.165) is 6.08 Å². The van der Waals surface area contributed by atoms with Crippen LogP contribution in [0.25, 0.3) is 0 Å². The number of carbonyl (C=O) groups excluding carboxylic acids is 3. The molecule has 1 heterocycles. The molecule has 3 atom stereocenters. The number of esters is 1. The first-order chi connectivity index (χ1) is 14.9. The Kier molecular flexibility index (Phi) is 9.36. The second-order valence-electron chi connectivity index (χ2n) is 8.36. The molecule has 32 heavy (non-hydrogen) atoms. The van der Waals surface area contributed by atoms with Crippen LogP contribution in [0.1, 0.15) is 34.1 Å². The first-order valence-corrected chi connectivity index (χ1v) is 10.0. The van der Waals surface area contributed by atoms with Gasteiger partial charge in [-0.1, -0.05) is 33.4 Å². The van der Waals surface area contributed by atoms with Crippen molar-refractivity contribution in [3.63, 3.8) is 0 Å². The molecule has 0 radical (unpaired) electrons. The number of nitrogens with zero attached hydrogens (tertiary/aromatic N) is 2. The molecule has 0 unspecified atom stereocenters.